The van der Waals surface area contributed by atoms with E-state index in [2.05, 4.69) is 0 Å². The fourth-order valence-corrected chi connectivity index (χ4v) is 2.89. The van der Waals surface area contributed by atoms with Gasteiger partial charge in [-0.1, -0.05) is 12.1 Å². The lowest BCUT2D eigenvalue weighted by atomic mass is 10.0. The largest absolute Gasteiger partial charge is 0.497 e. The zero-order chi connectivity index (χ0) is 19.4. The molecule has 0 saturated carbocycles. The summed E-state index contributed by atoms with van der Waals surface area (Å²) in [4.78, 5) is 24.0. The third-order valence-corrected chi connectivity index (χ3v) is 4.18. The lowest BCUT2D eigenvalue weighted by molar-refractivity contribution is -0.144. The van der Waals surface area contributed by atoms with Crippen molar-refractivity contribution >= 4 is 11.8 Å². The molecule has 0 atom stereocenters. The normalized spacial score (nSPS) is 14.0. The Kier molecular flexibility index (Phi) is 5.35. The summed E-state index contributed by atoms with van der Waals surface area (Å²) >= 11 is 0. The van der Waals surface area contributed by atoms with Crippen molar-refractivity contribution in [1.82, 2.24) is 0 Å². The predicted molar refractivity (Wildman–Crippen MR) is 98.6 cm³/mol. The molecular weight excluding hydrogens is 348 g/mol. The van der Waals surface area contributed by atoms with Crippen LogP contribution in [0.5, 0.6) is 17.2 Å². The Morgan fingerprint density at radius 1 is 1.07 bits per heavy atom. The van der Waals surface area contributed by atoms with Gasteiger partial charge in [-0.05, 0) is 44.2 Å². The molecule has 0 N–H and O–H groups in total. The number of para-hydroxylation sites is 1. The Morgan fingerprint density at radius 3 is 2.52 bits per heavy atom. The summed E-state index contributed by atoms with van der Waals surface area (Å²) in [5, 5.41) is 0. The number of esters is 1. The fraction of sp³-hybridized carbons (Fsp3) is 0.333. The quantitative estimate of drug-likeness (QED) is 0.551. The standard InChI is InChI=1S/C21H22O6/c1-21(2)11-15-5-4-6-18(20(15)27-21)25-13-19(23)26-12-17(22)14-7-9-16(24-3)10-8-14/h4-10H,11-13H2,1-3H3. The van der Waals surface area contributed by atoms with Crippen molar-refractivity contribution in [2.45, 2.75) is 25.9 Å². The van der Waals surface area contributed by atoms with Gasteiger partial charge < -0.3 is 18.9 Å². The third-order valence-electron chi connectivity index (χ3n) is 4.18. The maximum atomic E-state index is 12.1. The molecule has 0 bridgehead atoms. The predicted octanol–water partition coefficient (Wildman–Crippen LogP) is 3.21. The highest BCUT2D eigenvalue weighted by atomic mass is 16.6. The highest BCUT2D eigenvalue weighted by Crippen LogP contribution is 2.41. The lowest BCUT2D eigenvalue weighted by Crippen LogP contribution is -2.25. The summed E-state index contributed by atoms with van der Waals surface area (Å²) in [7, 11) is 1.55. The summed E-state index contributed by atoms with van der Waals surface area (Å²) in [5.41, 5.74) is 1.19. The second-order valence-electron chi connectivity index (χ2n) is 6.88. The van der Waals surface area contributed by atoms with Crippen molar-refractivity contribution in [2.75, 3.05) is 20.3 Å². The number of Topliss-reactive ketones (excluding diaryl/α,β-unsaturated/α-hetero) is 1. The summed E-state index contributed by atoms with van der Waals surface area (Å²) in [5.74, 6) is 0.891. The molecule has 0 aromatic heterocycles. The molecule has 1 heterocycles. The number of ketones is 1. The minimum absolute atomic E-state index is 0.295. The first-order valence-corrected chi connectivity index (χ1v) is 8.64. The molecule has 6 nitrogen and oxygen atoms in total. The first-order valence-electron chi connectivity index (χ1n) is 8.64. The molecule has 1 aliphatic heterocycles. The van der Waals surface area contributed by atoms with Crippen LogP contribution in [0.3, 0.4) is 0 Å². The van der Waals surface area contributed by atoms with Crippen molar-refractivity contribution in [3.05, 3.63) is 53.6 Å². The molecule has 0 fully saturated rings. The number of carbonyl (C=O) groups excluding carboxylic acids is 2. The minimum atomic E-state index is -0.619. The first-order chi connectivity index (χ1) is 12.9. The van der Waals surface area contributed by atoms with Crippen molar-refractivity contribution < 1.29 is 28.5 Å². The molecule has 142 valence electrons. The zero-order valence-corrected chi connectivity index (χ0v) is 15.6. The molecule has 0 amide bonds. The second-order valence-corrected chi connectivity index (χ2v) is 6.88. The van der Waals surface area contributed by atoms with E-state index in [0.717, 1.165) is 12.0 Å². The van der Waals surface area contributed by atoms with Crippen LogP contribution >= 0.6 is 0 Å². The number of fused-ring (bicyclic) bond motifs is 1. The Labute approximate surface area is 158 Å². The summed E-state index contributed by atoms with van der Waals surface area (Å²) in [6, 6.07) is 12.2. The average molecular weight is 370 g/mol. The topological polar surface area (TPSA) is 71.1 Å². The van der Waals surface area contributed by atoms with Gasteiger partial charge in [0.05, 0.1) is 7.11 Å². The monoisotopic (exact) mass is 370 g/mol. The number of hydrogen-bond acceptors (Lipinski definition) is 6. The van der Waals surface area contributed by atoms with Crippen LogP contribution in [-0.2, 0) is 16.0 Å². The molecule has 27 heavy (non-hydrogen) atoms. The highest BCUT2D eigenvalue weighted by molar-refractivity contribution is 5.98. The number of methoxy groups -OCH3 is 1. The van der Waals surface area contributed by atoms with Gasteiger partial charge in [0.1, 0.15) is 11.4 Å². The Balaban J connectivity index is 1.51. The van der Waals surface area contributed by atoms with E-state index < -0.39 is 5.97 Å². The molecule has 2 aromatic carbocycles. The van der Waals surface area contributed by atoms with Crippen LogP contribution in [0, 0.1) is 0 Å². The van der Waals surface area contributed by atoms with Gasteiger partial charge in [-0.25, -0.2) is 4.79 Å². The van der Waals surface area contributed by atoms with Gasteiger partial charge in [0, 0.05) is 17.5 Å². The zero-order valence-electron chi connectivity index (χ0n) is 15.6. The summed E-state index contributed by atoms with van der Waals surface area (Å²) < 4.78 is 21.5. The van der Waals surface area contributed by atoms with Crippen molar-refractivity contribution in [3.8, 4) is 17.2 Å². The molecule has 0 aliphatic carbocycles. The third kappa shape index (κ3) is 4.58. The molecule has 0 unspecified atom stereocenters. The number of hydrogen-bond donors (Lipinski definition) is 0. The van der Waals surface area contributed by atoms with E-state index in [1.54, 1.807) is 37.4 Å². The Bertz CT molecular complexity index is 838. The molecule has 3 rings (SSSR count). The van der Waals surface area contributed by atoms with Gasteiger partial charge in [-0.2, -0.15) is 0 Å². The number of carbonyl (C=O) groups is 2. The van der Waals surface area contributed by atoms with Crippen LogP contribution in [0.1, 0.15) is 29.8 Å². The smallest absolute Gasteiger partial charge is 0.344 e. The van der Waals surface area contributed by atoms with E-state index in [1.807, 2.05) is 26.0 Å². The van der Waals surface area contributed by atoms with Crippen LogP contribution < -0.4 is 14.2 Å². The number of benzene rings is 2. The number of ether oxygens (including phenoxy) is 4. The molecule has 2 aromatic rings. The molecule has 0 saturated heterocycles. The van der Waals surface area contributed by atoms with Gasteiger partial charge in [0.25, 0.3) is 0 Å². The summed E-state index contributed by atoms with van der Waals surface area (Å²) in [6.45, 7) is 3.35. The van der Waals surface area contributed by atoms with Crippen molar-refractivity contribution in [2.24, 2.45) is 0 Å². The van der Waals surface area contributed by atoms with E-state index in [9.17, 15) is 9.59 Å². The van der Waals surface area contributed by atoms with E-state index in [4.69, 9.17) is 18.9 Å². The van der Waals surface area contributed by atoms with Crippen LogP contribution in [0.25, 0.3) is 0 Å². The molecule has 1 aliphatic rings. The first kappa shape index (κ1) is 18.8. The average Bonchev–Trinajstić information content (AvgIpc) is 2.98. The van der Waals surface area contributed by atoms with Gasteiger partial charge in [-0.15, -0.1) is 0 Å². The van der Waals surface area contributed by atoms with Gasteiger partial charge in [0.15, 0.2) is 30.5 Å². The molecular formula is C21H22O6. The van der Waals surface area contributed by atoms with Gasteiger partial charge in [-0.3, -0.25) is 4.79 Å². The number of rotatable bonds is 7. The van der Waals surface area contributed by atoms with Crippen molar-refractivity contribution in [3.63, 3.8) is 0 Å². The lowest BCUT2D eigenvalue weighted by Gasteiger charge is -2.18. The SMILES string of the molecule is COc1ccc(C(=O)COC(=O)COc2cccc3c2OC(C)(C)C3)cc1. The second kappa shape index (κ2) is 7.70. The maximum absolute atomic E-state index is 12.1. The van der Waals surface area contributed by atoms with Crippen LogP contribution in [-0.4, -0.2) is 37.7 Å². The van der Waals surface area contributed by atoms with Crippen LogP contribution in [0.4, 0.5) is 0 Å². The Hall–Kier alpha value is -3.02. The van der Waals surface area contributed by atoms with Crippen LogP contribution in [0.2, 0.25) is 0 Å². The van der Waals surface area contributed by atoms with Gasteiger partial charge in [0.2, 0.25) is 0 Å². The highest BCUT2D eigenvalue weighted by Gasteiger charge is 2.32. The molecule has 0 spiro atoms. The minimum Gasteiger partial charge on any atom is -0.497 e. The molecule has 6 heteroatoms. The summed E-state index contributed by atoms with van der Waals surface area (Å²) in [6.07, 6.45) is 0.778. The van der Waals surface area contributed by atoms with Crippen LogP contribution in [0.15, 0.2) is 42.5 Å². The van der Waals surface area contributed by atoms with E-state index in [0.29, 0.717) is 22.8 Å². The van der Waals surface area contributed by atoms with Crippen molar-refractivity contribution in [1.29, 1.82) is 0 Å². The molecule has 0 radical (unpaired) electrons. The maximum Gasteiger partial charge on any atom is 0.344 e. The van der Waals surface area contributed by atoms with Gasteiger partial charge >= 0.3 is 5.97 Å². The van der Waals surface area contributed by atoms with E-state index >= 15 is 0 Å². The Morgan fingerprint density at radius 2 is 1.81 bits per heavy atom. The van der Waals surface area contributed by atoms with E-state index in [1.165, 1.54) is 0 Å². The van der Waals surface area contributed by atoms with E-state index in [-0.39, 0.29) is 24.6 Å². The fourth-order valence-electron chi connectivity index (χ4n) is 2.89.